The zero-order valence-corrected chi connectivity index (χ0v) is 20.3. The van der Waals surface area contributed by atoms with Gasteiger partial charge in [-0.25, -0.2) is 0 Å². The van der Waals surface area contributed by atoms with Crippen molar-refractivity contribution in [3.8, 4) is 5.75 Å². The maximum atomic E-state index is 13.6. The predicted molar refractivity (Wildman–Crippen MR) is 135 cm³/mol. The van der Waals surface area contributed by atoms with E-state index in [2.05, 4.69) is 16.0 Å². The van der Waals surface area contributed by atoms with Crippen LogP contribution in [0.3, 0.4) is 0 Å². The molecule has 9 nitrogen and oxygen atoms in total. The van der Waals surface area contributed by atoms with Crippen LogP contribution in [0.2, 0.25) is 0 Å². The van der Waals surface area contributed by atoms with Crippen molar-refractivity contribution in [3.63, 3.8) is 0 Å². The highest BCUT2D eigenvalue weighted by atomic mass is 16.5. The summed E-state index contributed by atoms with van der Waals surface area (Å²) in [4.78, 5) is 38.9. The Morgan fingerprint density at radius 1 is 1.20 bits per heavy atom. The summed E-state index contributed by atoms with van der Waals surface area (Å²) in [6.07, 6.45) is 0.735. The lowest BCUT2D eigenvalue weighted by Gasteiger charge is -2.26. The van der Waals surface area contributed by atoms with Crippen molar-refractivity contribution in [3.05, 3.63) is 53.6 Å². The second kappa shape index (κ2) is 12.9. The van der Waals surface area contributed by atoms with Crippen molar-refractivity contribution in [1.29, 1.82) is 0 Å². The van der Waals surface area contributed by atoms with Crippen molar-refractivity contribution >= 4 is 29.7 Å². The molecule has 9 heteroatoms. The first-order chi connectivity index (χ1) is 17.0. The lowest BCUT2D eigenvalue weighted by atomic mass is 10.00. The standard InChI is InChI=1S/C26H34N4O5/c1-3-27-16-23(32)21(13-18-9-6-5-7-10-18)29-26(34)20-14-19(30-12-8-11-24(30)33)15-22(28-4-2)25(20)35-17-31/h5-7,9-10,14-15,17,21,23,27-28,32H,3-4,8,11-13,16H2,1-2H3,(H,29,34)/t21-,23+/m0/s1. The van der Waals surface area contributed by atoms with Crippen LogP contribution < -0.4 is 25.6 Å². The Balaban J connectivity index is 1.97. The van der Waals surface area contributed by atoms with E-state index in [1.165, 1.54) is 0 Å². The van der Waals surface area contributed by atoms with Crippen LogP contribution in [0.1, 0.15) is 42.6 Å². The molecule has 1 aliphatic heterocycles. The Hall–Kier alpha value is -3.43. The van der Waals surface area contributed by atoms with Crippen LogP contribution in [0, 0.1) is 0 Å². The van der Waals surface area contributed by atoms with Gasteiger partial charge in [0.05, 0.1) is 23.4 Å². The van der Waals surface area contributed by atoms with Gasteiger partial charge in [0.1, 0.15) is 0 Å². The van der Waals surface area contributed by atoms with Crippen LogP contribution in [-0.4, -0.2) is 61.7 Å². The molecule has 1 fully saturated rings. The highest BCUT2D eigenvalue weighted by Gasteiger charge is 2.28. The molecule has 2 aromatic carbocycles. The molecule has 0 bridgehead atoms. The van der Waals surface area contributed by atoms with Crippen molar-refractivity contribution in [2.75, 3.05) is 36.4 Å². The van der Waals surface area contributed by atoms with Crippen LogP contribution in [0.25, 0.3) is 0 Å². The van der Waals surface area contributed by atoms with Gasteiger partial charge in [0, 0.05) is 31.7 Å². The summed E-state index contributed by atoms with van der Waals surface area (Å²) in [5.74, 6) is -0.453. The van der Waals surface area contributed by atoms with Crippen LogP contribution in [0.4, 0.5) is 11.4 Å². The van der Waals surface area contributed by atoms with E-state index in [4.69, 9.17) is 4.74 Å². The van der Waals surface area contributed by atoms with Crippen molar-refractivity contribution in [1.82, 2.24) is 10.6 Å². The van der Waals surface area contributed by atoms with Gasteiger partial charge in [-0.05, 0) is 44.0 Å². The summed E-state index contributed by atoms with van der Waals surface area (Å²) in [6.45, 7) is 6.15. The quantitative estimate of drug-likeness (QED) is 0.323. The van der Waals surface area contributed by atoms with E-state index < -0.39 is 18.1 Å². The molecule has 0 unspecified atom stereocenters. The first-order valence-electron chi connectivity index (χ1n) is 12.0. The Bertz CT molecular complexity index is 1010. The molecule has 2 aromatic rings. The Labute approximate surface area is 205 Å². The van der Waals surface area contributed by atoms with Crippen molar-refractivity contribution in [2.24, 2.45) is 0 Å². The van der Waals surface area contributed by atoms with Gasteiger partial charge >= 0.3 is 0 Å². The lowest BCUT2D eigenvalue weighted by Crippen LogP contribution is -2.48. The molecule has 188 valence electrons. The molecule has 1 saturated heterocycles. The number of hydrogen-bond acceptors (Lipinski definition) is 7. The number of anilines is 2. The first-order valence-corrected chi connectivity index (χ1v) is 12.0. The van der Waals surface area contributed by atoms with Crippen molar-refractivity contribution < 1.29 is 24.2 Å². The number of aliphatic hydroxyl groups excluding tert-OH is 1. The fourth-order valence-electron chi connectivity index (χ4n) is 4.19. The summed E-state index contributed by atoms with van der Waals surface area (Å²) in [7, 11) is 0. The molecule has 2 amide bonds. The van der Waals surface area contributed by atoms with Gasteiger partial charge in [0.2, 0.25) is 5.91 Å². The average Bonchev–Trinajstić information content (AvgIpc) is 3.29. The minimum absolute atomic E-state index is 0.0223. The molecule has 0 saturated carbocycles. The summed E-state index contributed by atoms with van der Waals surface area (Å²) in [6, 6.07) is 12.3. The number of hydrogen-bond donors (Lipinski definition) is 4. The monoisotopic (exact) mass is 482 g/mol. The van der Waals surface area contributed by atoms with Gasteiger partial charge in [0.25, 0.3) is 12.4 Å². The number of aliphatic hydroxyl groups is 1. The van der Waals surface area contributed by atoms with Crippen LogP contribution >= 0.6 is 0 Å². The molecule has 0 aromatic heterocycles. The van der Waals surface area contributed by atoms with E-state index >= 15 is 0 Å². The van der Waals surface area contributed by atoms with E-state index in [1.807, 2.05) is 44.2 Å². The third-order valence-corrected chi connectivity index (χ3v) is 5.92. The highest BCUT2D eigenvalue weighted by molar-refractivity contribution is 6.03. The Morgan fingerprint density at radius 2 is 1.97 bits per heavy atom. The molecule has 1 heterocycles. The molecule has 2 atom stereocenters. The van der Waals surface area contributed by atoms with E-state index in [1.54, 1.807) is 17.0 Å². The fraction of sp³-hybridized carbons (Fsp3) is 0.423. The van der Waals surface area contributed by atoms with Gasteiger partial charge in [-0.1, -0.05) is 37.3 Å². The third-order valence-electron chi connectivity index (χ3n) is 5.92. The van der Waals surface area contributed by atoms with E-state index in [0.29, 0.717) is 50.4 Å². The first kappa shape index (κ1) is 26.2. The van der Waals surface area contributed by atoms with Crippen LogP contribution in [0.15, 0.2) is 42.5 Å². The molecule has 3 rings (SSSR count). The number of amides is 2. The summed E-state index contributed by atoms with van der Waals surface area (Å²) < 4.78 is 5.23. The molecule has 0 aliphatic carbocycles. The number of ether oxygens (including phenoxy) is 1. The van der Waals surface area contributed by atoms with Gasteiger partial charge < -0.3 is 30.7 Å². The molecule has 0 spiro atoms. The second-order valence-electron chi connectivity index (χ2n) is 8.41. The lowest BCUT2D eigenvalue weighted by molar-refractivity contribution is -0.120. The number of rotatable bonds is 13. The van der Waals surface area contributed by atoms with E-state index in [-0.39, 0.29) is 23.7 Å². The molecule has 4 N–H and O–H groups in total. The number of nitrogens with zero attached hydrogens (tertiary/aromatic N) is 1. The smallest absolute Gasteiger partial charge is 0.298 e. The zero-order chi connectivity index (χ0) is 25.2. The molecule has 0 radical (unpaired) electrons. The van der Waals surface area contributed by atoms with Gasteiger partial charge in [-0.2, -0.15) is 0 Å². The highest BCUT2D eigenvalue weighted by Crippen LogP contribution is 2.36. The number of carbonyl (C=O) groups excluding carboxylic acids is 3. The molecular weight excluding hydrogens is 448 g/mol. The van der Waals surface area contributed by atoms with Gasteiger partial charge in [0.15, 0.2) is 5.75 Å². The maximum Gasteiger partial charge on any atom is 0.298 e. The fourth-order valence-corrected chi connectivity index (χ4v) is 4.19. The predicted octanol–water partition coefficient (Wildman–Crippen LogP) is 2.09. The minimum atomic E-state index is -0.855. The summed E-state index contributed by atoms with van der Waals surface area (Å²) in [5, 5.41) is 20.0. The average molecular weight is 483 g/mol. The summed E-state index contributed by atoms with van der Waals surface area (Å²) in [5.41, 5.74) is 2.07. The SMILES string of the molecule is CCNC[C@@H](O)[C@H](Cc1ccccc1)NC(=O)c1cc(N2CCCC2=O)cc(NCC)c1OC=O. The largest absolute Gasteiger partial charge is 0.426 e. The zero-order valence-electron chi connectivity index (χ0n) is 20.3. The minimum Gasteiger partial charge on any atom is -0.426 e. The topological polar surface area (TPSA) is 120 Å². The summed E-state index contributed by atoms with van der Waals surface area (Å²) >= 11 is 0. The molecular formula is C26H34N4O5. The van der Waals surface area contributed by atoms with E-state index in [0.717, 1.165) is 12.0 Å². The molecule has 1 aliphatic rings. The molecule has 35 heavy (non-hydrogen) atoms. The number of nitrogens with one attached hydrogen (secondary N) is 3. The normalized spacial score (nSPS) is 14.9. The Morgan fingerprint density at radius 3 is 2.60 bits per heavy atom. The van der Waals surface area contributed by atoms with Crippen LogP contribution in [0.5, 0.6) is 5.75 Å². The second-order valence-corrected chi connectivity index (χ2v) is 8.41. The third kappa shape index (κ3) is 6.80. The number of likely N-dealkylation sites (N-methyl/N-ethyl adjacent to an activating group) is 1. The van der Waals surface area contributed by atoms with Crippen molar-refractivity contribution in [2.45, 2.75) is 45.3 Å². The van der Waals surface area contributed by atoms with E-state index in [9.17, 15) is 19.5 Å². The maximum absolute atomic E-state index is 13.6. The van der Waals surface area contributed by atoms with Crippen LogP contribution in [-0.2, 0) is 16.0 Å². The van der Waals surface area contributed by atoms with Gasteiger partial charge in [-0.3, -0.25) is 14.4 Å². The number of carbonyl (C=O) groups is 3. The van der Waals surface area contributed by atoms with Gasteiger partial charge in [-0.15, -0.1) is 0 Å². The Kier molecular flexibility index (Phi) is 9.63. The number of benzene rings is 2.